The molecule has 28 heavy (non-hydrogen) atoms. The number of aromatic nitrogens is 1. The monoisotopic (exact) mass is 408 g/mol. The standard InChI is InChI=1S/C21H20N4OS2/c22-11-15-5-1-2-6-16(15)13-27-28-24-21-20(23)17-7-3-4-8-18(17)25(21)12-19(26)14-9-10-14/h1-8,14,24H,9-10,12-13,23H2. The molecule has 1 fully saturated rings. The Bertz CT molecular complexity index is 1070. The number of ketones is 1. The van der Waals surface area contributed by atoms with Crippen LogP contribution in [0.25, 0.3) is 10.9 Å². The third kappa shape index (κ3) is 3.84. The fourth-order valence-electron chi connectivity index (χ4n) is 3.21. The number of nitrogen functional groups attached to an aromatic ring is 1. The van der Waals surface area contributed by atoms with Crippen molar-refractivity contribution in [2.75, 3.05) is 10.5 Å². The lowest BCUT2D eigenvalue weighted by Crippen LogP contribution is -2.13. The Kier molecular flexibility index (Phi) is 5.51. The zero-order valence-corrected chi connectivity index (χ0v) is 16.9. The number of carbonyl (C=O) groups excluding carboxylic acids is 1. The molecule has 1 aliphatic rings. The molecule has 1 aliphatic carbocycles. The molecule has 0 saturated heterocycles. The quantitative estimate of drug-likeness (QED) is 0.311. The second-order valence-corrected chi connectivity index (χ2v) is 8.92. The first-order valence-electron chi connectivity index (χ1n) is 9.11. The molecule has 0 amide bonds. The van der Waals surface area contributed by atoms with Crippen LogP contribution in [0.2, 0.25) is 0 Å². The molecule has 5 nitrogen and oxygen atoms in total. The molecule has 3 aromatic rings. The van der Waals surface area contributed by atoms with E-state index in [1.165, 1.54) is 11.0 Å². The summed E-state index contributed by atoms with van der Waals surface area (Å²) in [4.78, 5) is 12.4. The SMILES string of the molecule is N#Cc1ccccc1CSSNc1c(N)c2ccccc2n1CC(=O)C1CC1. The van der Waals surface area contributed by atoms with Crippen molar-refractivity contribution in [3.8, 4) is 6.07 Å². The third-order valence-electron chi connectivity index (χ3n) is 4.91. The van der Waals surface area contributed by atoms with Crippen LogP contribution in [0.1, 0.15) is 24.0 Å². The second kappa shape index (κ2) is 8.21. The van der Waals surface area contributed by atoms with Crippen molar-refractivity contribution in [1.29, 1.82) is 5.26 Å². The molecular formula is C21H20N4OS2. The fraction of sp³-hybridized carbons (Fsp3) is 0.238. The third-order valence-corrected chi connectivity index (χ3v) is 6.69. The predicted octanol–water partition coefficient (Wildman–Crippen LogP) is 4.98. The molecule has 1 heterocycles. The maximum atomic E-state index is 12.4. The first-order valence-corrected chi connectivity index (χ1v) is 11.4. The number of hydrogen-bond donors (Lipinski definition) is 2. The lowest BCUT2D eigenvalue weighted by Gasteiger charge is -2.12. The molecule has 0 bridgehead atoms. The Labute approximate surface area is 171 Å². The van der Waals surface area contributed by atoms with E-state index in [-0.39, 0.29) is 11.7 Å². The summed E-state index contributed by atoms with van der Waals surface area (Å²) in [5.74, 6) is 1.94. The van der Waals surface area contributed by atoms with Gasteiger partial charge in [0, 0.05) is 28.0 Å². The van der Waals surface area contributed by atoms with Crippen molar-refractivity contribution < 1.29 is 4.79 Å². The Morgan fingerprint density at radius 2 is 1.96 bits per heavy atom. The van der Waals surface area contributed by atoms with Crippen LogP contribution < -0.4 is 10.5 Å². The first-order chi connectivity index (χ1) is 13.7. The molecular weight excluding hydrogens is 388 g/mol. The maximum Gasteiger partial charge on any atom is 0.155 e. The van der Waals surface area contributed by atoms with Crippen molar-refractivity contribution in [1.82, 2.24) is 4.57 Å². The van der Waals surface area contributed by atoms with Gasteiger partial charge < -0.3 is 15.0 Å². The summed E-state index contributed by atoms with van der Waals surface area (Å²) >= 11 is 0. The van der Waals surface area contributed by atoms with Gasteiger partial charge in [-0.25, -0.2) is 0 Å². The number of nitrogens with two attached hydrogens (primary N) is 1. The van der Waals surface area contributed by atoms with Crippen LogP contribution in [-0.4, -0.2) is 10.4 Å². The highest BCUT2D eigenvalue weighted by atomic mass is 33.1. The normalized spacial score (nSPS) is 13.4. The summed E-state index contributed by atoms with van der Waals surface area (Å²) < 4.78 is 5.31. The number of para-hydroxylation sites is 1. The summed E-state index contributed by atoms with van der Waals surface area (Å²) in [6.45, 7) is 0.340. The Balaban J connectivity index is 1.50. The van der Waals surface area contributed by atoms with Crippen molar-refractivity contribution in [3.05, 3.63) is 59.7 Å². The molecule has 3 N–H and O–H groups in total. The Morgan fingerprint density at radius 1 is 1.21 bits per heavy atom. The number of anilines is 2. The number of nitriles is 1. The largest absolute Gasteiger partial charge is 0.395 e. The van der Waals surface area contributed by atoms with Crippen LogP contribution in [0, 0.1) is 17.2 Å². The van der Waals surface area contributed by atoms with E-state index in [2.05, 4.69) is 10.8 Å². The van der Waals surface area contributed by atoms with E-state index in [1.54, 1.807) is 10.8 Å². The molecule has 7 heteroatoms. The zero-order valence-electron chi connectivity index (χ0n) is 15.2. The van der Waals surface area contributed by atoms with Crippen molar-refractivity contribution in [2.45, 2.75) is 25.1 Å². The molecule has 1 saturated carbocycles. The van der Waals surface area contributed by atoms with Crippen LogP contribution in [0.15, 0.2) is 48.5 Å². The number of nitrogens with one attached hydrogen (secondary N) is 1. The molecule has 0 radical (unpaired) electrons. The van der Waals surface area contributed by atoms with E-state index in [4.69, 9.17) is 5.73 Å². The van der Waals surface area contributed by atoms with Gasteiger partial charge in [0.2, 0.25) is 0 Å². The number of Topliss-reactive ketones (excluding diaryl/α,β-unsaturated/α-hetero) is 1. The highest BCUT2D eigenvalue weighted by molar-refractivity contribution is 8.76. The lowest BCUT2D eigenvalue weighted by atomic mass is 10.1. The van der Waals surface area contributed by atoms with Crippen LogP contribution >= 0.6 is 21.8 Å². The van der Waals surface area contributed by atoms with E-state index in [0.29, 0.717) is 23.5 Å². The second-order valence-electron chi connectivity index (χ2n) is 6.82. The minimum Gasteiger partial charge on any atom is -0.395 e. The Hall–Kier alpha value is -2.56. The highest BCUT2D eigenvalue weighted by Gasteiger charge is 2.30. The summed E-state index contributed by atoms with van der Waals surface area (Å²) in [6.07, 6.45) is 2.00. The Morgan fingerprint density at radius 3 is 2.75 bits per heavy atom. The van der Waals surface area contributed by atoms with E-state index in [1.807, 2.05) is 53.1 Å². The van der Waals surface area contributed by atoms with Crippen molar-refractivity contribution in [2.24, 2.45) is 5.92 Å². The number of fused-ring (bicyclic) bond motifs is 1. The van der Waals surface area contributed by atoms with E-state index >= 15 is 0 Å². The molecule has 0 spiro atoms. The van der Waals surface area contributed by atoms with Crippen LogP contribution in [0.4, 0.5) is 11.5 Å². The molecule has 4 rings (SSSR count). The predicted molar refractivity (Wildman–Crippen MR) is 118 cm³/mol. The highest BCUT2D eigenvalue weighted by Crippen LogP contribution is 2.38. The molecule has 0 unspecified atom stereocenters. The number of hydrogen-bond acceptors (Lipinski definition) is 6. The molecule has 142 valence electrons. The number of nitrogens with zero attached hydrogens (tertiary/aromatic N) is 2. The minimum absolute atomic E-state index is 0.208. The van der Waals surface area contributed by atoms with Gasteiger partial charge in [-0.05, 0) is 30.5 Å². The zero-order chi connectivity index (χ0) is 19.5. The fourth-order valence-corrected chi connectivity index (χ4v) is 4.98. The first kappa shape index (κ1) is 18.8. The van der Waals surface area contributed by atoms with Gasteiger partial charge in [-0.15, -0.1) is 0 Å². The van der Waals surface area contributed by atoms with Gasteiger partial charge in [-0.2, -0.15) is 5.26 Å². The van der Waals surface area contributed by atoms with Crippen LogP contribution in [0.3, 0.4) is 0 Å². The average Bonchev–Trinajstić information content (AvgIpc) is 3.54. The van der Waals surface area contributed by atoms with Gasteiger partial charge in [0.25, 0.3) is 0 Å². The lowest BCUT2D eigenvalue weighted by molar-refractivity contribution is -0.120. The van der Waals surface area contributed by atoms with Gasteiger partial charge in [0.1, 0.15) is 5.82 Å². The average molecular weight is 409 g/mol. The van der Waals surface area contributed by atoms with Gasteiger partial charge >= 0.3 is 0 Å². The summed E-state index contributed by atoms with van der Waals surface area (Å²) in [5.41, 5.74) is 9.71. The number of carbonyl (C=O) groups is 1. The van der Waals surface area contributed by atoms with Crippen molar-refractivity contribution in [3.63, 3.8) is 0 Å². The van der Waals surface area contributed by atoms with Gasteiger partial charge in [0.05, 0.1) is 29.4 Å². The molecule has 2 aromatic carbocycles. The summed E-state index contributed by atoms with van der Waals surface area (Å²) in [7, 11) is 3.06. The number of benzene rings is 2. The molecule has 0 aliphatic heterocycles. The van der Waals surface area contributed by atoms with Crippen LogP contribution in [-0.2, 0) is 17.1 Å². The maximum absolute atomic E-state index is 12.4. The van der Waals surface area contributed by atoms with Gasteiger partial charge in [-0.3, -0.25) is 4.79 Å². The van der Waals surface area contributed by atoms with E-state index in [0.717, 1.165) is 35.1 Å². The minimum atomic E-state index is 0.208. The molecule has 0 atom stereocenters. The topological polar surface area (TPSA) is 83.8 Å². The number of rotatable bonds is 8. The van der Waals surface area contributed by atoms with E-state index in [9.17, 15) is 10.1 Å². The van der Waals surface area contributed by atoms with E-state index < -0.39 is 0 Å². The smallest absolute Gasteiger partial charge is 0.155 e. The van der Waals surface area contributed by atoms with Crippen LogP contribution in [0.5, 0.6) is 0 Å². The van der Waals surface area contributed by atoms with Gasteiger partial charge in [0.15, 0.2) is 5.78 Å². The summed E-state index contributed by atoms with van der Waals surface area (Å²) in [6, 6.07) is 17.7. The molecule has 1 aromatic heterocycles. The van der Waals surface area contributed by atoms with Gasteiger partial charge in [-0.1, -0.05) is 47.2 Å². The van der Waals surface area contributed by atoms with Crippen molar-refractivity contribution >= 4 is 50.0 Å². The summed E-state index contributed by atoms with van der Waals surface area (Å²) in [5, 5.41) is 10.2.